The number of anilines is 1. The largest absolute Gasteiger partial charge is 0.354 e. The minimum Gasteiger partial charge on any atom is -0.354 e. The lowest BCUT2D eigenvalue weighted by molar-refractivity contribution is 0.0951. The molecule has 7 heteroatoms. The molecule has 0 atom stereocenters. The first-order valence-corrected chi connectivity index (χ1v) is 7.92. The summed E-state index contributed by atoms with van der Waals surface area (Å²) < 4.78 is 12.9. The van der Waals surface area contributed by atoms with Crippen LogP contribution in [-0.4, -0.2) is 23.5 Å². The number of aromatic nitrogens is 1. The summed E-state index contributed by atoms with van der Waals surface area (Å²) in [4.78, 5) is 18.8. The molecule has 1 aromatic heterocycles. The summed E-state index contributed by atoms with van der Waals surface area (Å²) in [5, 5.41) is 2.82. The van der Waals surface area contributed by atoms with Crippen LogP contribution in [0.5, 0.6) is 0 Å². The van der Waals surface area contributed by atoms with Crippen LogP contribution in [0.15, 0.2) is 42.6 Å². The van der Waals surface area contributed by atoms with Gasteiger partial charge in [-0.25, -0.2) is 9.37 Å². The molecule has 136 valence electrons. The average Bonchev–Trinajstić information content (AvgIpc) is 3.40. The monoisotopic (exact) mass is 385 g/mol. The molecule has 1 N–H and O–H groups in total. The fourth-order valence-electron chi connectivity index (χ4n) is 2.57. The number of nitrogens with zero attached hydrogens (tertiary/aromatic N) is 2. The number of rotatable bonds is 6. The highest BCUT2D eigenvalue weighted by Crippen LogP contribution is 2.30. The highest BCUT2D eigenvalue weighted by atomic mass is 35.5. The Morgan fingerprint density at radius 3 is 2.40 bits per heavy atom. The molecule has 1 aliphatic carbocycles. The topological polar surface area (TPSA) is 45.2 Å². The van der Waals surface area contributed by atoms with Crippen molar-refractivity contribution in [2.45, 2.75) is 32.4 Å². The Hall–Kier alpha value is -1.85. The van der Waals surface area contributed by atoms with E-state index < -0.39 is 0 Å². The molecular formula is C18H22Cl2FN3O. The van der Waals surface area contributed by atoms with Gasteiger partial charge in [0, 0.05) is 30.9 Å². The second-order valence-electron chi connectivity index (χ2n) is 5.73. The zero-order chi connectivity index (χ0) is 16.2. The van der Waals surface area contributed by atoms with Crippen LogP contribution in [0.4, 0.5) is 10.2 Å². The van der Waals surface area contributed by atoms with Crippen LogP contribution >= 0.6 is 24.8 Å². The predicted molar refractivity (Wildman–Crippen MR) is 102 cm³/mol. The lowest BCUT2D eigenvalue weighted by Crippen LogP contribution is -2.26. The minimum atomic E-state index is -0.350. The van der Waals surface area contributed by atoms with Gasteiger partial charge >= 0.3 is 0 Å². The number of hydrogen-bond acceptors (Lipinski definition) is 3. The Bertz CT molecular complexity index is 676. The van der Waals surface area contributed by atoms with Crippen molar-refractivity contribution in [1.29, 1.82) is 0 Å². The zero-order valence-corrected chi connectivity index (χ0v) is 15.6. The first-order chi connectivity index (χ1) is 11.2. The molecule has 0 radical (unpaired) electrons. The highest BCUT2D eigenvalue weighted by Gasteiger charge is 2.28. The van der Waals surface area contributed by atoms with Crippen LogP contribution in [0.25, 0.3) is 0 Å². The molecule has 0 unspecified atom stereocenters. The van der Waals surface area contributed by atoms with Gasteiger partial charge in [0.15, 0.2) is 0 Å². The molecule has 0 saturated heterocycles. The van der Waals surface area contributed by atoms with Crippen molar-refractivity contribution in [1.82, 2.24) is 10.3 Å². The van der Waals surface area contributed by atoms with Gasteiger partial charge in [-0.05, 0) is 55.7 Å². The first kappa shape index (κ1) is 21.2. The van der Waals surface area contributed by atoms with Gasteiger partial charge in [-0.2, -0.15) is 0 Å². The molecule has 1 heterocycles. The smallest absolute Gasteiger partial charge is 0.251 e. The summed E-state index contributed by atoms with van der Waals surface area (Å²) in [5.74, 6) is 0.420. The maximum atomic E-state index is 12.9. The first-order valence-electron chi connectivity index (χ1n) is 7.92. The van der Waals surface area contributed by atoms with Crippen LogP contribution in [0.1, 0.15) is 35.7 Å². The molecule has 1 aliphatic rings. The number of hydrogen-bond donors (Lipinski definition) is 1. The number of carbonyl (C=O) groups is 1. The lowest BCUT2D eigenvalue weighted by atomic mass is 10.2. The molecule has 25 heavy (non-hydrogen) atoms. The Kier molecular flexibility index (Phi) is 8.13. The van der Waals surface area contributed by atoms with E-state index >= 15 is 0 Å². The number of pyridine rings is 1. The van der Waals surface area contributed by atoms with Gasteiger partial charge in [0.05, 0.1) is 0 Å². The normalized spacial score (nSPS) is 12.6. The molecule has 3 rings (SSSR count). The average molecular weight is 386 g/mol. The molecule has 0 bridgehead atoms. The highest BCUT2D eigenvalue weighted by molar-refractivity contribution is 5.94. The third-order valence-electron chi connectivity index (χ3n) is 3.99. The summed E-state index contributed by atoms with van der Waals surface area (Å²) >= 11 is 0. The Morgan fingerprint density at radius 2 is 1.88 bits per heavy atom. The van der Waals surface area contributed by atoms with Crippen molar-refractivity contribution < 1.29 is 9.18 Å². The maximum absolute atomic E-state index is 12.9. The van der Waals surface area contributed by atoms with E-state index in [4.69, 9.17) is 0 Å². The summed E-state index contributed by atoms with van der Waals surface area (Å²) in [5.41, 5.74) is 1.39. The van der Waals surface area contributed by atoms with Crippen molar-refractivity contribution in [2.75, 3.05) is 11.4 Å². The minimum absolute atomic E-state index is 0. The van der Waals surface area contributed by atoms with Crippen LogP contribution in [0.2, 0.25) is 0 Å². The van der Waals surface area contributed by atoms with Gasteiger partial charge in [0.25, 0.3) is 5.91 Å². The van der Waals surface area contributed by atoms with Gasteiger partial charge in [0.2, 0.25) is 0 Å². The molecular weight excluding hydrogens is 364 g/mol. The van der Waals surface area contributed by atoms with Crippen molar-refractivity contribution in [3.8, 4) is 0 Å². The number of halogens is 3. The van der Waals surface area contributed by atoms with E-state index in [-0.39, 0.29) is 36.5 Å². The summed E-state index contributed by atoms with van der Waals surface area (Å²) in [6.07, 6.45) is 4.28. The quantitative estimate of drug-likeness (QED) is 0.817. The van der Waals surface area contributed by atoms with Crippen LogP contribution in [0, 0.1) is 5.82 Å². The van der Waals surface area contributed by atoms with Crippen LogP contribution in [0.3, 0.4) is 0 Å². The second-order valence-corrected chi connectivity index (χ2v) is 5.73. The molecule has 0 aliphatic heterocycles. The van der Waals surface area contributed by atoms with Crippen molar-refractivity contribution in [3.63, 3.8) is 0 Å². The van der Waals surface area contributed by atoms with Crippen LogP contribution < -0.4 is 10.2 Å². The van der Waals surface area contributed by atoms with Gasteiger partial charge < -0.3 is 10.2 Å². The maximum Gasteiger partial charge on any atom is 0.251 e. The van der Waals surface area contributed by atoms with E-state index in [2.05, 4.69) is 22.1 Å². The van der Waals surface area contributed by atoms with Gasteiger partial charge in [-0.3, -0.25) is 4.79 Å². The second kappa shape index (κ2) is 9.59. The number of amides is 1. The SMILES string of the molecule is CCN(c1ccc(CNC(=O)c2ccc(F)cc2)cn1)C1CC1.Cl.Cl. The Morgan fingerprint density at radius 1 is 1.20 bits per heavy atom. The molecule has 4 nitrogen and oxygen atoms in total. The predicted octanol–water partition coefficient (Wildman–Crippen LogP) is 3.98. The lowest BCUT2D eigenvalue weighted by Gasteiger charge is -2.21. The molecule has 2 aromatic rings. The zero-order valence-electron chi connectivity index (χ0n) is 13.9. The van der Waals surface area contributed by atoms with Crippen molar-refractivity contribution in [2.24, 2.45) is 0 Å². The number of nitrogens with one attached hydrogen (secondary N) is 1. The van der Waals surface area contributed by atoms with Crippen molar-refractivity contribution >= 4 is 36.5 Å². The summed E-state index contributed by atoms with van der Waals surface area (Å²) in [6, 6.07) is 10.1. The Balaban J connectivity index is 0.00000156. The molecule has 1 fully saturated rings. The Labute approximate surface area is 159 Å². The third-order valence-corrected chi connectivity index (χ3v) is 3.99. The van der Waals surface area contributed by atoms with E-state index in [9.17, 15) is 9.18 Å². The van der Waals surface area contributed by atoms with E-state index in [1.165, 1.54) is 37.1 Å². The summed E-state index contributed by atoms with van der Waals surface area (Å²) in [7, 11) is 0. The van der Waals surface area contributed by atoms with Gasteiger partial charge in [0.1, 0.15) is 11.6 Å². The van der Waals surface area contributed by atoms with E-state index in [1.807, 2.05) is 12.1 Å². The fraction of sp³-hybridized carbons (Fsp3) is 0.333. The third kappa shape index (κ3) is 5.58. The van der Waals surface area contributed by atoms with Gasteiger partial charge in [-0.15, -0.1) is 24.8 Å². The fourth-order valence-corrected chi connectivity index (χ4v) is 2.57. The van der Waals surface area contributed by atoms with Crippen molar-refractivity contribution in [3.05, 3.63) is 59.5 Å². The molecule has 1 amide bonds. The number of benzene rings is 1. The van der Waals surface area contributed by atoms with E-state index in [0.717, 1.165) is 17.9 Å². The van der Waals surface area contributed by atoms with Crippen LogP contribution in [-0.2, 0) is 6.54 Å². The summed E-state index contributed by atoms with van der Waals surface area (Å²) in [6.45, 7) is 3.49. The van der Waals surface area contributed by atoms with E-state index in [1.54, 1.807) is 6.20 Å². The molecule has 1 saturated carbocycles. The van der Waals surface area contributed by atoms with E-state index in [0.29, 0.717) is 18.2 Å². The standard InChI is InChI=1S/C18H20FN3O.2ClH/c1-2-22(16-8-9-16)17-10-3-13(11-20-17)12-21-18(23)14-4-6-15(19)7-5-14;;/h3-7,10-11,16H,2,8-9,12H2,1H3,(H,21,23);2*1H. The molecule has 0 spiro atoms. The van der Waals surface area contributed by atoms with Gasteiger partial charge in [-0.1, -0.05) is 6.07 Å². The number of carbonyl (C=O) groups excluding carboxylic acids is 1. The molecule has 1 aromatic carbocycles.